The number of rotatable bonds is 3. The highest BCUT2D eigenvalue weighted by molar-refractivity contribution is 5.72. The largest absolute Gasteiger partial charge is 0.463 e. The van der Waals surface area contributed by atoms with Crippen LogP contribution in [0.15, 0.2) is 23.2 Å². The molecule has 0 aliphatic carbocycles. The fraction of sp³-hybridized carbons (Fsp3) is 0.417. The van der Waals surface area contributed by atoms with E-state index in [0.29, 0.717) is 19.1 Å². The van der Waals surface area contributed by atoms with Gasteiger partial charge in [0.2, 0.25) is 0 Å². The number of halogens is 4. The second kappa shape index (κ2) is 5.07. The lowest BCUT2D eigenvalue weighted by Gasteiger charge is -2.10. The van der Waals surface area contributed by atoms with E-state index in [2.05, 4.69) is 4.99 Å². The lowest BCUT2D eigenvalue weighted by Crippen LogP contribution is -2.11. The van der Waals surface area contributed by atoms with Gasteiger partial charge in [0.25, 0.3) is 6.02 Å². The average molecular weight is 276 g/mol. The summed E-state index contributed by atoms with van der Waals surface area (Å²) < 4.78 is 55.6. The number of benzene rings is 1. The molecule has 0 bridgehead atoms. The maximum atomic E-state index is 13.1. The molecule has 1 aliphatic rings. The van der Waals surface area contributed by atoms with Crippen LogP contribution in [0.3, 0.4) is 0 Å². The van der Waals surface area contributed by atoms with Crippen LogP contribution in [0.4, 0.5) is 17.6 Å². The van der Waals surface area contributed by atoms with Crippen molar-refractivity contribution in [1.82, 2.24) is 0 Å². The molecule has 1 atom stereocenters. The molecular formula is C12H12F4N2O. The average Bonchev–Trinajstić information content (AvgIpc) is 2.71. The molecule has 0 radical (unpaired) electrons. The van der Waals surface area contributed by atoms with Crippen molar-refractivity contribution in [2.75, 3.05) is 6.61 Å². The van der Waals surface area contributed by atoms with Gasteiger partial charge in [-0.2, -0.15) is 13.2 Å². The molecule has 1 aromatic rings. The van der Waals surface area contributed by atoms with E-state index in [1.165, 1.54) is 0 Å². The second-order valence-corrected chi connectivity index (χ2v) is 4.32. The highest BCUT2D eigenvalue weighted by atomic mass is 19.4. The molecule has 1 aliphatic heterocycles. The third-order valence-electron chi connectivity index (χ3n) is 2.78. The summed E-state index contributed by atoms with van der Waals surface area (Å²) in [5, 5.41) is 0. The lowest BCUT2D eigenvalue weighted by atomic mass is 10.0. The van der Waals surface area contributed by atoms with Crippen LogP contribution >= 0.6 is 0 Å². The van der Waals surface area contributed by atoms with Gasteiger partial charge in [-0.3, -0.25) is 0 Å². The van der Waals surface area contributed by atoms with Crippen molar-refractivity contribution in [2.24, 2.45) is 10.7 Å². The van der Waals surface area contributed by atoms with Crippen LogP contribution in [0.2, 0.25) is 0 Å². The van der Waals surface area contributed by atoms with Gasteiger partial charge in [0.15, 0.2) is 0 Å². The summed E-state index contributed by atoms with van der Waals surface area (Å²) in [6.45, 7) is 0.313. The first kappa shape index (κ1) is 13.6. The summed E-state index contributed by atoms with van der Waals surface area (Å²) in [7, 11) is 0. The first-order valence-electron chi connectivity index (χ1n) is 5.67. The summed E-state index contributed by atoms with van der Waals surface area (Å²) >= 11 is 0. The number of nitrogens with two attached hydrogens (primary N) is 1. The molecule has 0 unspecified atom stereocenters. The number of hydrogen-bond donors (Lipinski definition) is 1. The van der Waals surface area contributed by atoms with Crippen LogP contribution in [0.5, 0.6) is 0 Å². The molecule has 7 heteroatoms. The van der Waals surface area contributed by atoms with Crippen LogP contribution in [-0.4, -0.2) is 18.7 Å². The van der Waals surface area contributed by atoms with Crippen LogP contribution in [0, 0.1) is 5.82 Å². The lowest BCUT2D eigenvalue weighted by molar-refractivity contribution is -0.137. The smallest absolute Gasteiger partial charge is 0.416 e. The van der Waals surface area contributed by atoms with Crippen molar-refractivity contribution >= 4 is 6.02 Å². The second-order valence-electron chi connectivity index (χ2n) is 4.32. The standard InChI is InChI=1S/C12H12F4N2O/c13-9-4-7(3-8(5-9)12(14,15)16)1-2-10-6-19-11(17)18-10/h3-5,10H,1-2,6H2,(H2,17,18)/t10-/m0/s1. The van der Waals surface area contributed by atoms with Crippen LogP contribution in [0.25, 0.3) is 0 Å². The molecule has 19 heavy (non-hydrogen) atoms. The van der Waals surface area contributed by atoms with Crippen molar-refractivity contribution in [1.29, 1.82) is 0 Å². The number of aryl methyl sites for hydroxylation is 1. The topological polar surface area (TPSA) is 47.6 Å². The molecule has 1 aromatic carbocycles. The van der Waals surface area contributed by atoms with E-state index in [-0.39, 0.29) is 24.0 Å². The van der Waals surface area contributed by atoms with Gasteiger partial charge in [-0.15, -0.1) is 0 Å². The molecule has 0 saturated carbocycles. The Morgan fingerprint density at radius 1 is 1.32 bits per heavy atom. The van der Waals surface area contributed by atoms with Crippen molar-refractivity contribution in [3.63, 3.8) is 0 Å². The summed E-state index contributed by atoms with van der Waals surface area (Å²) in [4.78, 5) is 3.95. The summed E-state index contributed by atoms with van der Waals surface area (Å²) in [6, 6.07) is 2.43. The Morgan fingerprint density at radius 3 is 2.63 bits per heavy atom. The Bertz CT molecular complexity index is 499. The van der Waals surface area contributed by atoms with Gasteiger partial charge in [-0.1, -0.05) is 0 Å². The van der Waals surface area contributed by atoms with Crippen molar-refractivity contribution < 1.29 is 22.3 Å². The van der Waals surface area contributed by atoms with Gasteiger partial charge in [0.05, 0.1) is 11.6 Å². The van der Waals surface area contributed by atoms with Gasteiger partial charge >= 0.3 is 6.18 Å². The third kappa shape index (κ3) is 3.59. The molecule has 0 saturated heterocycles. The first-order valence-corrected chi connectivity index (χ1v) is 5.67. The zero-order valence-corrected chi connectivity index (χ0v) is 9.88. The SMILES string of the molecule is NC1=N[C@@H](CCc2cc(F)cc(C(F)(F)F)c2)CO1. The molecular weight excluding hydrogens is 264 g/mol. The van der Waals surface area contributed by atoms with E-state index >= 15 is 0 Å². The quantitative estimate of drug-likeness (QED) is 0.862. The molecule has 0 fully saturated rings. The Hall–Kier alpha value is -1.79. The molecule has 0 aromatic heterocycles. The Labute approximate surface area is 107 Å². The molecule has 1 heterocycles. The van der Waals surface area contributed by atoms with Crippen molar-refractivity contribution in [3.8, 4) is 0 Å². The van der Waals surface area contributed by atoms with Crippen molar-refractivity contribution in [3.05, 3.63) is 35.1 Å². The van der Waals surface area contributed by atoms with E-state index in [1.54, 1.807) is 0 Å². The third-order valence-corrected chi connectivity index (χ3v) is 2.78. The van der Waals surface area contributed by atoms with Gasteiger partial charge in [-0.25, -0.2) is 9.38 Å². The first-order chi connectivity index (χ1) is 8.84. The highest BCUT2D eigenvalue weighted by Crippen LogP contribution is 2.30. The highest BCUT2D eigenvalue weighted by Gasteiger charge is 2.31. The van der Waals surface area contributed by atoms with Crippen LogP contribution in [0.1, 0.15) is 17.5 Å². The van der Waals surface area contributed by atoms with Gasteiger partial charge < -0.3 is 10.5 Å². The number of nitrogens with zero attached hydrogens (tertiary/aromatic N) is 1. The molecule has 0 spiro atoms. The maximum Gasteiger partial charge on any atom is 0.416 e. The monoisotopic (exact) mass is 276 g/mol. The maximum absolute atomic E-state index is 13.1. The minimum Gasteiger partial charge on any atom is -0.463 e. The number of hydrogen-bond acceptors (Lipinski definition) is 3. The van der Waals surface area contributed by atoms with E-state index in [9.17, 15) is 17.6 Å². The Balaban J connectivity index is 2.06. The zero-order chi connectivity index (χ0) is 14.0. The van der Waals surface area contributed by atoms with Gasteiger partial charge in [-0.05, 0) is 36.6 Å². The van der Waals surface area contributed by atoms with Gasteiger partial charge in [0.1, 0.15) is 12.4 Å². The zero-order valence-electron chi connectivity index (χ0n) is 9.88. The van der Waals surface area contributed by atoms with E-state index < -0.39 is 17.6 Å². The van der Waals surface area contributed by atoms with E-state index in [4.69, 9.17) is 10.5 Å². The number of amidine groups is 1. The predicted octanol–water partition coefficient (Wildman–Crippen LogP) is 2.49. The number of ether oxygens (including phenoxy) is 1. The number of alkyl halides is 3. The van der Waals surface area contributed by atoms with Crippen LogP contribution in [-0.2, 0) is 17.3 Å². The fourth-order valence-corrected chi connectivity index (χ4v) is 1.88. The minimum absolute atomic E-state index is 0.0835. The Kier molecular flexibility index (Phi) is 3.64. The van der Waals surface area contributed by atoms with Crippen molar-refractivity contribution in [2.45, 2.75) is 25.1 Å². The minimum atomic E-state index is -4.55. The van der Waals surface area contributed by atoms with E-state index in [1.807, 2.05) is 0 Å². The van der Waals surface area contributed by atoms with E-state index in [0.717, 1.165) is 12.1 Å². The molecule has 0 amide bonds. The normalized spacial score (nSPS) is 19.2. The predicted molar refractivity (Wildman–Crippen MR) is 61.1 cm³/mol. The van der Waals surface area contributed by atoms with Crippen LogP contribution < -0.4 is 5.73 Å². The summed E-state index contributed by atoms with van der Waals surface area (Å²) in [6.07, 6.45) is -3.80. The summed E-state index contributed by atoms with van der Waals surface area (Å²) in [5.41, 5.74) is 4.63. The molecule has 2 rings (SSSR count). The Morgan fingerprint density at radius 2 is 2.05 bits per heavy atom. The molecule has 3 nitrogen and oxygen atoms in total. The fourth-order valence-electron chi connectivity index (χ4n) is 1.88. The molecule has 2 N–H and O–H groups in total. The summed E-state index contributed by atoms with van der Waals surface area (Å²) in [5.74, 6) is -0.893. The molecule has 104 valence electrons. The van der Waals surface area contributed by atoms with Gasteiger partial charge in [0, 0.05) is 0 Å². The number of aliphatic imine (C=N–C) groups is 1.